The fourth-order valence-electron chi connectivity index (χ4n) is 4.66. The van der Waals surface area contributed by atoms with Crippen LogP contribution in [-0.2, 0) is 6.61 Å². The summed E-state index contributed by atoms with van der Waals surface area (Å²) in [6.07, 6.45) is 1.56. The van der Waals surface area contributed by atoms with E-state index < -0.39 is 0 Å². The molecule has 2 aromatic heterocycles. The molecule has 0 unspecified atom stereocenters. The van der Waals surface area contributed by atoms with E-state index in [1.54, 1.807) is 50.8 Å². The molecule has 6 aromatic rings. The van der Waals surface area contributed by atoms with Gasteiger partial charge in [0.05, 0.1) is 41.2 Å². The van der Waals surface area contributed by atoms with Crippen LogP contribution in [0.2, 0.25) is 0 Å². The Morgan fingerprint density at radius 2 is 1.67 bits per heavy atom. The van der Waals surface area contributed by atoms with Crippen molar-refractivity contribution in [3.8, 4) is 28.8 Å². The van der Waals surface area contributed by atoms with Crippen LogP contribution >= 0.6 is 31.9 Å². The second kappa shape index (κ2) is 12.1. The van der Waals surface area contributed by atoms with Crippen LogP contribution in [-0.4, -0.2) is 30.1 Å². The fourth-order valence-corrected chi connectivity index (χ4v) is 5.59. The van der Waals surface area contributed by atoms with Gasteiger partial charge in [0.15, 0.2) is 17.3 Å². The van der Waals surface area contributed by atoms with E-state index in [4.69, 9.17) is 23.6 Å². The summed E-state index contributed by atoms with van der Waals surface area (Å²) in [4.78, 5) is 18.5. The first-order valence-electron chi connectivity index (χ1n) is 13.3. The predicted octanol–water partition coefficient (Wildman–Crippen LogP) is 8.12. The summed E-state index contributed by atoms with van der Waals surface area (Å²) >= 11 is 7.30. The lowest BCUT2D eigenvalue weighted by molar-refractivity contribution is 0.282. The van der Waals surface area contributed by atoms with Gasteiger partial charge < -0.3 is 18.6 Å². The third-order valence-electron chi connectivity index (χ3n) is 6.91. The number of ether oxygens (including phenoxy) is 3. The third-order valence-corrected chi connectivity index (χ3v) is 9.05. The van der Waals surface area contributed by atoms with E-state index in [9.17, 15) is 4.79 Å². The average Bonchev–Trinajstić information content (AvgIpc) is 3.47. The highest BCUT2D eigenvalue weighted by molar-refractivity contribution is 9.13. The minimum absolute atomic E-state index is 0.249. The highest BCUT2D eigenvalue weighted by Crippen LogP contribution is 2.43. The summed E-state index contributed by atoms with van der Waals surface area (Å²) in [5.74, 6) is 2.30. The van der Waals surface area contributed by atoms with Gasteiger partial charge in [0, 0.05) is 10.0 Å². The number of benzene rings is 4. The Kier molecular flexibility index (Phi) is 8.05. The zero-order valence-corrected chi connectivity index (χ0v) is 26.6. The van der Waals surface area contributed by atoms with Crippen molar-refractivity contribution < 1.29 is 18.6 Å². The molecule has 0 aliphatic heterocycles. The number of para-hydroxylation sites is 1. The van der Waals surface area contributed by atoms with Crippen molar-refractivity contribution in [2.45, 2.75) is 13.5 Å². The molecule has 43 heavy (non-hydrogen) atoms. The summed E-state index contributed by atoms with van der Waals surface area (Å²) in [5, 5.41) is 5.79. The zero-order chi connectivity index (χ0) is 30.1. The van der Waals surface area contributed by atoms with Crippen molar-refractivity contribution >= 4 is 59.9 Å². The fraction of sp³-hybridized carbons (Fsp3) is 0.121. The van der Waals surface area contributed by atoms with E-state index in [1.165, 1.54) is 10.2 Å². The van der Waals surface area contributed by atoms with Gasteiger partial charge in [-0.15, -0.1) is 0 Å². The van der Waals surface area contributed by atoms with Crippen LogP contribution in [0.3, 0.4) is 0 Å². The lowest BCUT2D eigenvalue weighted by Crippen LogP contribution is -2.20. The Bertz CT molecular complexity index is 2070. The maximum absolute atomic E-state index is 13.7. The predicted molar refractivity (Wildman–Crippen MR) is 175 cm³/mol. The Balaban J connectivity index is 1.43. The van der Waals surface area contributed by atoms with E-state index >= 15 is 0 Å². The van der Waals surface area contributed by atoms with Crippen LogP contribution in [0.4, 0.5) is 0 Å². The van der Waals surface area contributed by atoms with Crippen LogP contribution in [0.1, 0.15) is 16.7 Å². The number of methoxy groups -OCH3 is 2. The van der Waals surface area contributed by atoms with Crippen molar-refractivity contribution in [2.24, 2.45) is 5.10 Å². The molecule has 0 radical (unpaired) electrons. The van der Waals surface area contributed by atoms with Gasteiger partial charge >= 0.3 is 0 Å². The molecule has 8 nitrogen and oxygen atoms in total. The number of furan rings is 1. The van der Waals surface area contributed by atoms with Crippen LogP contribution in [0, 0.1) is 6.92 Å². The molecular weight excluding hydrogens is 678 g/mol. The highest BCUT2D eigenvalue weighted by atomic mass is 79.9. The van der Waals surface area contributed by atoms with E-state index in [0.717, 1.165) is 10.9 Å². The van der Waals surface area contributed by atoms with Gasteiger partial charge in [0.1, 0.15) is 17.9 Å². The molecule has 2 heterocycles. The highest BCUT2D eigenvalue weighted by Gasteiger charge is 2.20. The van der Waals surface area contributed by atoms with E-state index in [1.807, 2.05) is 55.5 Å². The maximum atomic E-state index is 13.7. The molecule has 10 heteroatoms. The number of aryl methyl sites for hydroxylation is 1. The molecule has 0 atom stereocenters. The van der Waals surface area contributed by atoms with Crippen molar-refractivity contribution in [1.29, 1.82) is 0 Å². The second-order valence-electron chi connectivity index (χ2n) is 9.70. The Morgan fingerprint density at radius 3 is 2.44 bits per heavy atom. The number of fused-ring (bicyclic) bond motifs is 2. The first-order valence-corrected chi connectivity index (χ1v) is 14.8. The normalized spacial score (nSPS) is 11.5. The number of hydrogen-bond acceptors (Lipinski definition) is 7. The van der Waals surface area contributed by atoms with Gasteiger partial charge in [0.2, 0.25) is 5.82 Å². The summed E-state index contributed by atoms with van der Waals surface area (Å²) in [5.41, 5.74) is 3.64. The summed E-state index contributed by atoms with van der Waals surface area (Å²) in [6.45, 7) is 2.40. The van der Waals surface area contributed by atoms with Crippen molar-refractivity contribution in [3.63, 3.8) is 0 Å². The number of hydrogen-bond donors (Lipinski definition) is 0. The molecule has 6 rings (SSSR count). The number of aromatic nitrogens is 2. The van der Waals surface area contributed by atoms with E-state index in [2.05, 4.69) is 37.0 Å². The monoisotopic (exact) mass is 701 g/mol. The molecule has 0 fully saturated rings. The van der Waals surface area contributed by atoms with Crippen molar-refractivity contribution in [1.82, 2.24) is 9.66 Å². The number of halogens is 2. The molecule has 0 spiro atoms. The van der Waals surface area contributed by atoms with Gasteiger partial charge in [-0.2, -0.15) is 9.78 Å². The number of nitrogens with zero attached hydrogens (tertiary/aromatic N) is 3. The van der Waals surface area contributed by atoms with Crippen LogP contribution in [0.5, 0.6) is 17.2 Å². The minimum atomic E-state index is -0.343. The molecule has 0 N–H and O–H groups in total. The molecule has 0 aliphatic carbocycles. The van der Waals surface area contributed by atoms with Gasteiger partial charge in [-0.05, 0) is 80.7 Å². The maximum Gasteiger partial charge on any atom is 0.282 e. The molecule has 4 aromatic carbocycles. The summed E-state index contributed by atoms with van der Waals surface area (Å²) in [6, 6.07) is 24.4. The first-order chi connectivity index (χ1) is 20.9. The SMILES string of the molecule is COc1cc(C=Nn2c(-c3cc4c(OC)cccc4o3)nc3ccccc3c2=O)c(Br)c(Br)c1OCc1ccc(C)cc1. The van der Waals surface area contributed by atoms with Crippen LogP contribution in [0.25, 0.3) is 33.5 Å². The Morgan fingerprint density at radius 1 is 0.907 bits per heavy atom. The lowest BCUT2D eigenvalue weighted by atomic mass is 10.1. The minimum Gasteiger partial charge on any atom is -0.496 e. The quantitative estimate of drug-likeness (QED) is 0.149. The van der Waals surface area contributed by atoms with Gasteiger partial charge in [0.25, 0.3) is 5.56 Å². The molecule has 0 saturated heterocycles. The molecule has 0 bridgehead atoms. The largest absolute Gasteiger partial charge is 0.496 e. The summed E-state index contributed by atoms with van der Waals surface area (Å²) in [7, 11) is 3.17. The molecule has 216 valence electrons. The topological polar surface area (TPSA) is 88.1 Å². The third kappa shape index (κ3) is 5.55. The van der Waals surface area contributed by atoms with Gasteiger partial charge in [-0.25, -0.2) is 4.98 Å². The van der Waals surface area contributed by atoms with Gasteiger partial charge in [-0.3, -0.25) is 4.79 Å². The summed E-state index contributed by atoms with van der Waals surface area (Å²) < 4.78 is 26.0. The van der Waals surface area contributed by atoms with Crippen LogP contribution < -0.4 is 19.8 Å². The Labute approximate surface area is 263 Å². The average molecular weight is 703 g/mol. The smallest absolute Gasteiger partial charge is 0.282 e. The lowest BCUT2D eigenvalue weighted by Gasteiger charge is -2.15. The zero-order valence-electron chi connectivity index (χ0n) is 23.4. The molecule has 0 saturated carbocycles. The van der Waals surface area contributed by atoms with Crippen molar-refractivity contribution in [2.75, 3.05) is 14.2 Å². The molecular formula is C33H25Br2N3O5. The van der Waals surface area contributed by atoms with E-state index in [-0.39, 0.29) is 11.4 Å². The number of rotatable bonds is 8. The molecule has 0 aliphatic rings. The van der Waals surface area contributed by atoms with Crippen LogP contribution in [0.15, 0.2) is 102 Å². The van der Waals surface area contributed by atoms with E-state index in [0.29, 0.717) is 60.6 Å². The van der Waals surface area contributed by atoms with Crippen molar-refractivity contribution in [3.05, 3.63) is 115 Å². The standard InChI is InChI=1S/C33H25Br2N3O5/c1-19-11-13-20(14-12-19)18-42-31-27(41-3)15-21(29(34)30(31)35)17-36-38-32(37-24-8-5-4-7-22(24)33(38)39)28-16-23-25(40-2)9-6-10-26(23)43-28/h4-17H,18H2,1-3H3. The van der Waals surface area contributed by atoms with Gasteiger partial charge in [-0.1, -0.05) is 48.0 Å². The second-order valence-corrected chi connectivity index (χ2v) is 11.3. The molecule has 0 amide bonds. The first kappa shape index (κ1) is 28.7. The Hall–Kier alpha value is -4.41.